The molecular formula is C25H35N5. The van der Waals surface area contributed by atoms with Crippen molar-refractivity contribution in [1.82, 2.24) is 24.8 Å². The molecule has 1 aromatic carbocycles. The molecule has 0 spiro atoms. The van der Waals surface area contributed by atoms with E-state index >= 15 is 0 Å². The van der Waals surface area contributed by atoms with Crippen LogP contribution in [0.4, 0.5) is 0 Å². The van der Waals surface area contributed by atoms with Crippen LogP contribution >= 0.6 is 0 Å². The average molecular weight is 406 g/mol. The van der Waals surface area contributed by atoms with E-state index in [0.29, 0.717) is 6.04 Å². The lowest BCUT2D eigenvalue weighted by Gasteiger charge is -2.32. The molecule has 5 heteroatoms. The maximum atomic E-state index is 5.02. The molecule has 30 heavy (non-hydrogen) atoms. The lowest BCUT2D eigenvalue weighted by Crippen LogP contribution is -2.29. The Morgan fingerprint density at radius 1 is 1.10 bits per heavy atom. The number of pyridine rings is 1. The van der Waals surface area contributed by atoms with Crippen molar-refractivity contribution < 1.29 is 0 Å². The zero-order valence-corrected chi connectivity index (χ0v) is 18.5. The van der Waals surface area contributed by atoms with Gasteiger partial charge in [-0.2, -0.15) is 0 Å². The molecule has 0 saturated carbocycles. The number of aromatic nitrogens is 3. The molecule has 5 nitrogen and oxygen atoms in total. The first-order valence-electron chi connectivity index (χ1n) is 11.5. The smallest absolute Gasteiger partial charge is 0.124 e. The van der Waals surface area contributed by atoms with Gasteiger partial charge >= 0.3 is 0 Å². The highest BCUT2D eigenvalue weighted by Gasteiger charge is 2.26. The Morgan fingerprint density at radius 3 is 2.87 bits per heavy atom. The minimum atomic E-state index is 0.379. The van der Waals surface area contributed by atoms with Crippen molar-refractivity contribution in [3.05, 3.63) is 59.7 Å². The second-order valence-corrected chi connectivity index (χ2v) is 8.56. The average Bonchev–Trinajstić information content (AvgIpc) is 3.12. The number of para-hydroxylation sites is 2. The van der Waals surface area contributed by atoms with Crippen molar-refractivity contribution in [2.75, 3.05) is 20.6 Å². The number of unbranched alkanes of at least 4 members (excludes halogenated alkanes) is 3. The molecule has 0 amide bonds. The van der Waals surface area contributed by atoms with Gasteiger partial charge < -0.3 is 9.88 Å². The highest BCUT2D eigenvalue weighted by molar-refractivity contribution is 5.75. The summed E-state index contributed by atoms with van der Waals surface area (Å²) in [4.78, 5) is 12.2. The zero-order valence-electron chi connectivity index (χ0n) is 18.5. The number of rotatable bonds is 10. The summed E-state index contributed by atoms with van der Waals surface area (Å²) >= 11 is 0. The van der Waals surface area contributed by atoms with Gasteiger partial charge in [0, 0.05) is 12.7 Å². The van der Waals surface area contributed by atoms with E-state index in [1.807, 2.05) is 13.2 Å². The molecule has 0 radical (unpaired) electrons. The summed E-state index contributed by atoms with van der Waals surface area (Å²) < 4.78 is 2.45. The molecule has 0 saturated heterocycles. The van der Waals surface area contributed by atoms with Gasteiger partial charge in [0.1, 0.15) is 5.82 Å². The third kappa shape index (κ3) is 4.73. The fourth-order valence-electron chi connectivity index (χ4n) is 4.77. The van der Waals surface area contributed by atoms with Gasteiger partial charge in [0.25, 0.3) is 0 Å². The number of hydrogen-bond donors (Lipinski definition) is 1. The van der Waals surface area contributed by atoms with Crippen LogP contribution in [-0.4, -0.2) is 40.1 Å². The van der Waals surface area contributed by atoms with Crippen LogP contribution in [0.2, 0.25) is 0 Å². The van der Waals surface area contributed by atoms with Crippen LogP contribution in [0.15, 0.2) is 42.6 Å². The molecule has 1 N–H and O–H groups in total. The number of fused-ring (bicyclic) bond motifs is 2. The van der Waals surface area contributed by atoms with Crippen molar-refractivity contribution in [3.8, 4) is 0 Å². The second kappa shape index (κ2) is 10.2. The minimum absolute atomic E-state index is 0.379. The number of hydrogen-bond acceptors (Lipinski definition) is 4. The number of imidazole rings is 1. The Morgan fingerprint density at radius 2 is 1.97 bits per heavy atom. The van der Waals surface area contributed by atoms with Crippen molar-refractivity contribution in [2.24, 2.45) is 0 Å². The maximum Gasteiger partial charge on any atom is 0.124 e. The third-order valence-corrected chi connectivity index (χ3v) is 6.38. The van der Waals surface area contributed by atoms with E-state index in [2.05, 4.69) is 58.2 Å². The lowest BCUT2D eigenvalue weighted by atomic mass is 9.91. The molecule has 1 unspecified atom stereocenters. The highest BCUT2D eigenvalue weighted by atomic mass is 15.2. The number of nitrogens with zero attached hydrogens (tertiary/aromatic N) is 4. The van der Waals surface area contributed by atoms with E-state index in [1.165, 1.54) is 61.1 Å². The first-order chi connectivity index (χ1) is 14.8. The summed E-state index contributed by atoms with van der Waals surface area (Å²) in [6.07, 6.45) is 10.5. The van der Waals surface area contributed by atoms with Gasteiger partial charge in [-0.1, -0.05) is 31.0 Å². The summed E-state index contributed by atoms with van der Waals surface area (Å²) in [5.74, 6) is 1.18. The monoisotopic (exact) mass is 405 g/mol. The van der Waals surface area contributed by atoms with Gasteiger partial charge in [-0.15, -0.1) is 0 Å². The van der Waals surface area contributed by atoms with Gasteiger partial charge in [-0.05, 0) is 76.5 Å². The van der Waals surface area contributed by atoms with Crippen molar-refractivity contribution in [3.63, 3.8) is 0 Å². The van der Waals surface area contributed by atoms with E-state index < -0.39 is 0 Å². The molecule has 2 aromatic heterocycles. The van der Waals surface area contributed by atoms with Crippen molar-refractivity contribution >= 4 is 11.0 Å². The third-order valence-electron chi connectivity index (χ3n) is 6.38. The van der Waals surface area contributed by atoms with Crippen LogP contribution < -0.4 is 5.32 Å². The van der Waals surface area contributed by atoms with E-state index in [0.717, 1.165) is 31.6 Å². The Hall–Kier alpha value is -2.24. The SMILES string of the molecule is CNCCCCCCn1c(CN(C)C2CCCc3cccnc32)nc2ccccc21. The predicted octanol–water partition coefficient (Wildman–Crippen LogP) is 4.72. The molecule has 3 aromatic rings. The van der Waals surface area contributed by atoms with E-state index in [4.69, 9.17) is 9.97 Å². The molecule has 1 atom stereocenters. The highest BCUT2D eigenvalue weighted by Crippen LogP contribution is 2.33. The maximum absolute atomic E-state index is 5.02. The number of aryl methyl sites for hydroxylation is 2. The van der Waals surface area contributed by atoms with Crippen LogP contribution in [0.1, 0.15) is 61.6 Å². The van der Waals surface area contributed by atoms with E-state index in [-0.39, 0.29) is 0 Å². The van der Waals surface area contributed by atoms with E-state index in [9.17, 15) is 0 Å². The molecule has 1 aliphatic carbocycles. The van der Waals surface area contributed by atoms with Gasteiger partial charge in [0.15, 0.2) is 0 Å². The standard InChI is InChI=1S/C25H35N5/c1-26-16-7-3-4-8-18-30-22-14-6-5-13-21(22)28-24(30)19-29(2)23-15-9-11-20-12-10-17-27-25(20)23/h5-6,10,12-14,17,23,26H,3-4,7-9,11,15-16,18-19H2,1-2H3. The molecule has 2 heterocycles. The predicted molar refractivity (Wildman–Crippen MR) is 124 cm³/mol. The Bertz CT molecular complexity index is 948. The van der Waals surface area contributed by atoms with Crippen LogP contribution in [-0.2, 0) is 19.5 Å². The largest absolute Gasteiger partial charge is 0.327 e. The number of nitrogens with one attached hydrogen (secondary N) is 1. The molecule has 0 fully saturated rings. The summed E-state index contributed by atoms with van der Waals surface area (Å²) in [6, 6.07) is 13.3. The van der Waals surface area contributed by atoms with Crippen LogP contribution in [0.5, 0.6) is 0 Å². The molecule has 160 valence electrons. The fourth-order valence-corrected chi connectivity index (χ4v) is 4.77. The minimum Gasteiger partial charge on any atom is -0.327 e. The zero-order chi connectivity index (χ0) is 20.8. The molecule has 4 rings (SSSR count). The van der Waals surface area contributed by atoms with Gasteiger partial charge in [-0.25, -0.2) is 4.98 Å². The Balaban J connectivity index is 1.49. The summed E-state index contributed by atoms with van der Waals surface area (Å²) in [5, 5.41) is 3.24. The molecule has 0 aliphatic heterocycles. The van der Waals surface area contributed by atoms with Gasteiger partial charge in [-0.3, -0.25) is 9.88 Å². The Kier molecular flexibility index (Phi) is 7.13. The molecule has 0 bridgehead atoms. The molecule has 1 aliphatic rings. The summed E-state index contributed by atoms with van der Waals surface area (Å²) in [6.45, 7) is 3.01. The van der Waals surface area contributed by atoms with Gasteiger partial charge in [0.2, 0.25) is 0 Å². The first-order valence-corrected chi connectivity index (χ1v) is 11.5. The quantitative estimate of drug-likeness (QED) is 0.496. The summed E-state index contributed by atoms with van der Waals surface area (Å²) in [5.41, 5.74) is 5.05. The second-order valence-electron chi connectivity index (χ2n) is 8.56. The number of benzene rings is 1. The van der Waals surface area contributed by atoms with Crippen LogP contribution in [0, 0.1) is 0 Å². The van der Waals surface area contributed by atoms with Crippen LogP contribution in [0.3, 0.4) is 0 Å². The van der Waals surface area contributed by atoms with Gasteiger partial charge in [0.05, 0.1) is 29.3 Å². The summed E-state index contributed by atoms with van der Waals surface area (Å²) in [7, 11) is 4.26. The lowest BCUT2D eigenvalue weighted by molar-refractivity contribution is 0.201. The van der Waals surface area contributed by atoms with E-state index in [1.54, 1.807) is 0 Å². The van der Waals surface area contributed by atoms with Crippen molar-refractivity contribution in [2.45, 2.75) is 64.1 Å². The van der Waals surface area contributed by atoms with Crippen molar-refractivity contribution in [1.29, 1.82) is 0 Å². The normalized spacial score (nSPS) is 16.3. The first kappa shape index (κ1) is 21.0. The van der Waals surface area contributed by atoms with Crippen LogP contribution in [0.25, 0.3) is 11.0 Å². The topological polar surface area (TPSA) is 46.0 Å². The molecular weight excluding hydrogens is 370 g/mol. The Labute approximate surface area is 180 Å². The fraction of sp³-hybridized carbons (Fsp3) is 0.520.